The van der Waals surface area contributed by atoms with Crippen LogP contribution in [-0.4, -0.2) is 80.6 Å². The van der Waals surface area contributed by atoms with Crippen LogP contribution in [0.1, 0.15) is 90.9 Å². The molecule has 0 amide bonds. The number of carboxylic acid groups (broad SMARTS) is 1. The van der Waals surface area contributed by atoms with Gasteiger partial charge in [-0.1, -0.05) is 106 Å². The average Bonchev–Trinajstić information content (AvgIpc) is 2.98. The first kappa shape index (κ1) is 41.8. The van der Waals surface area contributed by atoms with Crippen molar-refractivity contribution < 1.29 is 38.2 Å². The van der Waals surface area contributed by atoms with E-state index in [2.05, 4.69) is 26.0 Å². The van der Waals surface area contributed by atoms with Crippen LogP contribution in [0.2, 0.25) is 0 Å². The van der Waals surface area contributed by atoms with E-state index in [1.807, 2.05) is 81.9 Å². The number of unbranched alkanes of at least 4 members (excludes halogenated alkanes) is 5. The Balaban J connectivity index is 4.67. The lowest BCUT2D eigenvalue weighted by atomic mass is 10.1. The fourth-order valence-electron chi connectivity index (χ4n) is 4.14. The first-order valence-corrected chi connectivity index (χ1v) is 16.5. The van der Waals surface area contributed by atoms with Gasteiger partial charge in [0.05, 0.1) is 34.4 Å². The van der Waals surface area contributed by atoms with Crippen LogP contribution in [-0.2, 0) is 28.6 Å². The van der Waals surface area contributed by atoms with Crippen LogP contribution in [0.15, 0.2) is 72.9 Å². The molecule has 0 aliphatic heterocycles. The summed E-state index contributed by atoms with van der Waals surface area (Å²) in [5.74, 6) is -1.65. The van der Waals surface area contributed by atoms with Crippen molar-refractivity contribution in [2.45, 2.75) is 103 Å². The second-order valence-electron chi connectivity index (χ2n) is 11.8. The maximum atomic E-state index is 12.5. The molecule has 254 valence electrons. The summed E-state index contributed by atoms with van der Waals surface area (Å²) in [6.45, 7) is 4.37. The van der Waals surface area contributed by atoms with Crippen LogP contribution in [0.5, 0.6) is 0 Å². The number of hydrogen-bond acceptors (Lipinski definition) is 6. The van der Waals surface area contributed by atoms with E-state index in [0.29, 0.717) is 19.3 Å². The lowest BCUT2D eigenvalue weighted by Crippen LogP contribution is -2.50. The number of carboxylic acids is 1. The van der Waals surface area contributed by atoms with Gasteiger partial charge in [-0.2, -0.15) is 0 Å². The van der Waals surface area contributed by atoms with Crippen molar-refractivity contribution in [2.24, 2.45) is 0 Å². The summed E-state index contributed by atoms with van der Waals surface area (Å²) in [6, 6.07) is -0.631. The van der Waals surface area contributed by atoms with E-state index < -0.39 is 18.1 Å². The minimum absolute atomic E-state index is 0.0184. The summed E-state index contributed by atoms with van der Waals surface area (Å²) in [6.07, 6.45) is 32.7. The molecule has 1 N–H and O–H groups in total. The highest BCUT2D eigenvalue weighted by Crippen LogP contribution is 2.10. The van der Waals surface area contributed by atoms with Crippen molar-refractivity contribution in [1.82, 2.24) is 0 Å². The number of rotatable bonds is 27. The Morgan fingerprint density at radius 2 is 1.31 bits per heavy atom. The molecule has 0 saturated heterocycles. The maximum absolute atomic E-state index is 12.5. The molecule has 0 heterocycles. The first-order chi connectivity index (χ1) is 21.6. The zero-order chi connectivity index (χ0) is 33.6. The zero-order valence-corrected chi connectivity index (χ0v) is 28.5. The molecule has 2 unspecified atom stereocenters. The molecule has 0 rings (SSSR count). The number of hydrogen-bond donors (Lipinski definition) is 1. The Labute approximate surface area is 272 Å². The molecular weight excluding hydrogens is 570 g/mol. The van der Waals surface area contributed by atoms with E-state index in [-0.39, 0.29) is 49.1 Å². The summed E-state index contributed by atoms with van der Waals surface area (Å²) < 4.78 is 16.9. The molecule has 0 aromatic heterocycles. The van der Waals surface area contributed by atoms with Crippen LogP contribution >= 0.6 is 0 Å². The number of aliphatic carboxylic acids is 1. The number of nitrogens with zero attached hydrogens (tertiary/aromatic N) is 1. The van der Waals surface area contributed by atoms with Crippen LogP contribution in [0.4, 0.5) is 0 Å². The molecule has 0 aromatic rings. The highest BCUT2D eigenvalue weighted by atomic mass is 16.6. The Kier molecular flexibility index (Phi) is 26.2. The number of likely N-dealkylation sites (N-methyl/N-ethyl adjacent to an activating group) is 1. The van der Waals surface area contributed by atoms with Gasteiger partial charge >= 0.3 is 17.9 Å². The number of allylic oxidation sites excluding steroid dienone is 12. The summed E-state index contributed by atoms with van der Waals surface area (Å²) in [5.41, 5.74) is 0. The highest BCUT2D eigenvalue weighted by molar-refractivity contribution is 5.72. The second-order valence-corrected chi connectivity index (χ2v) is 11.8. The van der Waals surface area contributed by atoms with Crippen LogP contribution in [0.3, 0.4) is 0 Å². The Hall–Kier alpha value is -3.23. The summed E-state index contributed by atoms with van der Waals surface area (Å²) in [7, 11) is 5.46. The van der Waals surface area contributed by atoms with E-state index in [0.717, 1.165) is 25.7 Å². The van der Waals surface area contributed by atoms with Gasteiger partial charge in [-0.25, -0.2) is 4.79 Å². The molecule has 0 aliphatic rings. The summed E-state index contributed by atoms with van der Waals surface area (Å²) in [5, 5.41) is 9.53. The molecule has 2 atom stereocenters. The Morgan fingerprint density at radius 1 is 0.689 bits per heavy atom. The number of quaternary nitrogens is 1. The molecule has 0 aromatic carbocycles. The normalized spacial score (nSPS) is 14.1. The lowest BCUT2D eigenvalue weighted by Gasteiger charge is -2.31. The molecule has 8 nitrogen and oxygen atoms in total. The van der Waals surface area contributed by atoms with Gasteiger partial charge in [-0.05, 0) is 38.5 Å². The standard InChI is InChI=1S/C37H59NO7/c1-6-8-10-12-14-16-17-18-19-20-22-23-25-27-35(39)44-32-33(31-43-30-29-34(37(41)42)38(3,4)5)45-36(40)28-26-24-21-15-13-11-9-7-2/h8,10,12,14,16-22,24,33-34H,6-7,9,11,13,15,23,25-32H2,1-5H3/p+1/b10-8+,14-12+,17-16+,19-18+,22-20+,24-21+. The van der Waals surface area contributed by atoms with Gasteiger partial charge in [-0.15, -0.1) is 0 Å². The fraction of sp³-hybridized carbons (Fsp3) is 0.595. The van der Waals surface area contributed by atoms with Gasteiger partial charge < -0.3 is 23.8 Å². The quantitative estimate of drug-likeness (QED) is 0.0327. The summed E-state index contributed by atoms with van der Waals surface area (Å²) in [4.78, 5) is 36.5. The topological polar surface area (TPSA) is 99.1 Å². The third-order valence-corrected chi connectivity index (χ3v) is 6.73. The Morgan fingerprint density at radius 3 is 1.93 bits per heavy atom. The summed E-state index contributed by atoms with van der Waals surface area (Å²) >= 11 is 0. The van der Waals surface area contributed by atoms with E-state index >= 15 is 0 Å². The molecule has 0 radical (unpaired) electrons. The van der Waals surface area contributed by atoms with E-state index in [4.69, 9.17) is 14.2 Å². The maximum Gasteiger partial charge on any atom is 0.362 e. The van der Waals surface area contributed by atoms with Crippen molar-refractivity contribution in [1.29, 1.82) is 0 Å². The van der Waals surface area contributed by atoms with Crippen LogP contribution < -0.4 is 0 Å². The predicted octanol–water partition coefficient (Wildman–Crippen LogP) is 7.68. The Bertz CT molecular complexity index is 970. The van der Waals surface area contributed by atoms with Crippen molar-refractivity contribution in [3.05, 3.63) is 72.9 Å². The van der Waals surface area contributed by atoms with E-state index in [1.54, 1.807) is 0 Å². The van der Waals surface area contributed by atoms with Crippen molar-refractivity contribution in [3.8, 4) is 0 Å². The first-order valence-electron chi connectivity index (χ1n) is 16.5. The minimum Gasteiger partial charge on any atom is -0.477 e. The molecule has 0 saturated carbocycles. The molecular formula is C37H60NO7+. The van der Waals surface area contributed by atoms with Gasteiger partial charge in [0, 0.05) is 19.3 Å². The zero-order valence-electron chi connectivity index (χ0n) is 28.5. The van der Waals surface area contributed by atoms with Gasteiger partial charge in [0.25, 0.3) is 0 Å². The van der Waals surface area contributed by atoms with Crippen LogP contribution in [0, 0.1) is 0 Å². The highest BCUT2D eigenvalue weighted by Gasteiger charge is 2.31. The molecule has 0 aliphatic carbocycles. The van der Waals surface area contributed by atoms with Crippen molar-refractivity contribution in [2.75, 3.05) is 41.0 Å². The lowest BCUT2D eigenvalue weighted by molar-refractivity contribution is -0.887. The largest absolute Gasteiger partial charge is 0.477 e. The third-order valence-electron chi connectivity index (χ3n) is 6.73. The average molecular weight is 631 g/mol. The molecule has 0 bridgehead atoms. The number of ether oxygens (including phenoxy) is 3. The molecule has 0 fully saturated rings. The second kappa shape index (κ2) is 28.3. The van der Waals surface area contributed by atoms with E-state index in [1.165, 1.54) is 19.3 Å². The molecule has 45 heavy (non-hydrogen) atoms. The van der Waals surface area contributed by atoms with Gasteiger partial charge in [0.1, 0.15) is 6.61 Å². The molecule has 0 spiro atoms. The predicted molar refractivity (Wildman–Crippen MR) is 183 cm³/mol. The van der Waals surface area contributed by atoms with Crippen LogP contribution in [0.25, 0.3) is 0 Å². The third kappa shape index (κ3) is 26.9. The number of carbonyl (C=O) groups excluding carboxylic acids is 2. The smallest absolute Gasteiger partial charge is 0.362 e. The molecule has 8 heteroatoms. The SMILES string of the molecule is CC/C=C/C=C/C=C/C=C/C=C/CCCC(=O)OCC(COCCC(C(=O)O)[N+](C)(C)C)OC(=O)CC/C=C/CCCCCC. The number of carbonyl (C=O) groups is 3. The number of esters is 2. The van der Waals surface area contributed by atoms with Crippen molar-refractivity contribution in [3.63, 3.8) is 0 Å². The monoisotopic (exact) mass is 630 g/mol. The fourth-order valence-corrected chi connectivity index (χ4v) is 4.14. The van der Waals surface area contributed by atoms with Gasteiger partial charge in [0.2, 0.25) is 0 Å². The van der Waals surface area contributed by atoms with E-state index in [9.17, 15) is 19.5 Å². The minimum atomic E-state index is -0.896. The van der Waals surface area contributed by atoms with Crippen molar-refractivity contribution >= 4 is 17.9 Å². The van der Waals surface area contributed by atoms with Gasteiger partial charge in [0.15, 0.2) is 12.1 Å². The van der Waals surface area contributed by atoms with Gasteiger partial charge in [-0.3, -0.25) is 9.59 Å².